The van der Waals surface area contributed by atoms with Crippen molar-refractivity contribution in [1.82, 2.24) is 0 Å². The number of aliphatic hydroxyl groups is 4. The van der Waals surface area contributed by atoms with E-state index in [0.717, 1.165) is 0 Å². The molecule has 1 aliphatic heterocycles. The summed E-state index contributed by atoms with van der Waals surface area (Å²) in [6.07, 6.45) is -7.67. The lowest BCUT2D eigenvalue weighted by Gasteiger charge is -2.38. The molecule has 0 radical (unpaired) electrons. The minimum Gasteiger partial charge on any atom is -0.479 e. The average molecular weight is 208 g/mol. The van der Waals surface area contributed by atoms with Crippen LogP contribution in [0.4, 0.5) is 0 Å². The quantitative estimate of drug-likeness (QED) is 0.325. The minimum absolute atomic E-state index is 0.630. The Kier molecular flexibility index (Phi) is 3.40. The van der Waals surface area contributed by atoms with E-state index >= 15 is 0 Å². The highest BCUT2D eigenvalue weighted by Gasteiger charge is 2.46. The van der Waals surface area contributed by atoms with Crippen LogP contribution in [-0.4, -0.2) is 68.6 Å². The number of rotatable bonds is 2. The second-order valence-electron chi connectivity index (χ2n) is 3.09. The van der Waals surface area contributed by atoms with Crippen LogP contribution < -0.4 is 0 Å². The molecule has 0 bridgehead atoms. The highest BCUT2D eigenvalue weighted by atomic mass is 16.6. The molecule has 14 heavy (non-hydrogen) atoms. The number of hydrogen-bond acceptors (Lipinski definition) is 6. The first-order valence-electron chi connectivity index (χ1n) is 4.02. The van der Waals surface area contributed by atoms with Crippen LogP contribution in [0.15, 0.2) is 0 Å². The van der Waals surface area contributed by atoms with Gasteiger partial charge in [0.2, 0.25) is 0 Å². The Morgan fingerprint density at radius 1 is 1.14 bits per heavy atom. The molecule has 82 valence electrons. The van der Waals surface area contributed by atoms with Gasteiger partial charge >= 0.3 is 5.97 Å². The molecular weight excluding hydrogens is 196 g/mol. The summed E-state index contributed by atoms with van der Waals surface area (Å²) >= 11 is 0. The Bertz CT molecular complexity index is 216. The minimum atomic E-state index is -1.70. The molecule has 1 fully saturated rings. The maximum absolute atomic E-state index is 10.5. The number of aliphatic hydroxyl groups excluding tert-OH is 4. The van der Waals surface area contributed by atoms with Crippen LogP contribution in [0.5, 0.6) is 0 Å². The van der Waals surface area contributed by atoms with Crippen molar-refractivity contribution >= 4 is 5.97 Å². The van der Waals surface area contributed by atoms with Crippen LogP contribution >= 0.6 is 0 Å². The Morgan fingerprint density at radius 2 is 1.71 bits per heavy atom. The monoisotopic (exact) mass is 208 g/mol. The van der Waals surface area contributed by atoms with Gasteiger partial charge < -0.3 is 30.3 Å². The van der Waals surface area contributed by atoms with Crippen LogP contribution in [0, 0.1) is 0 Å². The second-order valence-corrected chi connectivity index (χ2v) is 3.09. The molecule has 0 aromatic heterocycles. The van der Waals surface area contributed by atoms with Crippen LogP contribution in [-0.2, 0) is 9.53 Å². The van der Waals surface area contributed by atoms with Crippen molar-refractivity contribution in [2.45, 2.75) is 30.5 Å². The van der Waals surface area contributed by atoms with Crippen molar-refractivity contribution < 1.29 is 35.1 Å². The van der Waals surface area contributed by atoms with Crippen LogP contribution in [0.25, 0.3) is 0 Å². The van der Waals surface area contributed by atoms with Gasteiger partial charge in [0.15, 0.2) is 6.10 Å². The van der Waals surface area contributed by atoms with E-state index in [2.05, 4.69) is 4.74 Å². The first kappa shape index (κ1) is 11.3. The van der Waals surface area contributed by atoms with Crippen LogP contribution in [0.3, 0.4) is 0 Å². The molecule has 0 aliphatic carbocycles. The summed E-state index contributed by atoms with van der Waals surface area (Å²) in [5, 5.41) is 44.9. The number of hydrogen-bond donors (Lipinski definition) is 5. The largest absolute Gasteiger partial charge is 0.479 e. The normalized spacial score (nSPS) is 43.6. The number of ether oxygens (including phenoxy) is 1. The Hall–Kier alpha value is -0.730. The summed E-state index contributed by atoms with van der Waals surface area (Å²) in [7, 11) is 0. The highest BCUT2D eigenvalue weighted by molar-refractivity contribution is 5.73. The lowest BCUT2D eigenvalue weighted by atomic mass is 9.95. The molecule has 1 saturated heterocycles. The third kappa shape index (κ3) is 1.86. The van der Waals surface area contributed by atoms with Crippen molar-refractivity contribution in [1.29, 1.82) is 0 Å². The first-order chi connectivity index (χ1) is 6.49. The Balaban J connectivity index is 2.78. The van der Waals surface area contributed by atoms with Crippen molar-refractivity contribution in [3.05, 3.63) is 0 Å². The number of carboxylic acid groups (broad SMARTS) is 1. The molecule has 5 atom stereocenters. The lowest BCUT2D eigenvalue weighted by Crippen LogP contribution is -2.60. The standard InChI is InChI=1S/C7H12O7/c8-1-2-3(9)4(10)5(11)6(14-2)7(12)13/h2-6,8-11H,1H2,(H,12,13). The van der Waals surface area contributed by atoms with E-state index in [0.29, 0.717) is 0 Å². The van der Waals surface area contributed by atoms with E-state index in [1.807, 2.05) is 0 Å². The van der Waals surface area contributed by atoms with E-state index < -0.39 is 43.1 Å². The second kappa shape index (κ2) is 4.20. The summed E-state index contributed by atoms with van der Waals surface area (Å²) < 4.78 is 4.68. The summed E-state index contributed by atoms with van der Waals surface area (Å²) in [6.45, 7) is -0.630. The first-order valence-corrected chi connectivity index (χ1v) is 4.02. The maximum atomic E-state index is 10.5. The molecular formula is C7H12O7. The number of carbonyl (C=O) groups is 1. The van der Waals surface area contributed by atoms with Gasteiger partial charge in [0.05, 0.1) is 6.61 Å². The smallest absolute Gasteiger partial charge is 0.335 e. The SMILES string of the molecule is O=C(O)C1OC(CO)C(O)C(O)C1O. The Labute approximate surface area is 79.2 Å². The average Bonchev–Trinajstić information content (AvgIpc) is 2.14. The van der Waals surface area contributed by atoms with Gasteiger partial charge in [-0.15, -0.1) is 0 Å². The van der Waals surface area contributed by atoms with E-state index in [1.54, 1.807) is 0 Å². The third-order valence-electron chi connectivity index (χ3n) is 2.14. The molecule has 0 aromatic carbocycles. The molecule has 0 aromatic rings. The van der Waals surface area contributed by atoms with Gasteiger partial charge in [-0.1, -0.05) is 0 Å². The zero-order chi connectivity index (χ0) is 10.9. The van der Waals surface area contributed by atoms with Gasteiger partial charge in [0.25, 0.3) is 0 Å². The van der Waals surface area contributed by atoms with E-state index in [4.69, 9.17) is 10.2 Å². The zero-order valence-electron chi connectivity index (χ0n) is 7.15. The molecule has 7 heteroatoms. The molecule has 5 unspecified atom stereocenters. The van der Waals surface area contributed by atoms with Gasteiger partial charge in [-0.25, -0.2) is 4.79 Å². The van der Waals surface area contributed by atoms with Gasteiger partial charge in [0, 0.05) is 0 Å². The predicted molar refractivity (Wildman–Crippen MR) is 41.4 cm³/mol. The number of carboxylic acids is 1. The van der Waals surface area contributed by atoms with E-state index in [9.17, 15) is 20.1 Å². The number of aliphatic carboxylic acids is 1. The van der Waals surface area contributed by atoms with E-state index in [1.165, 1.54) is 0 Å². The van der Waals surface area contributed by atoms with Gasteiger partial charge in [0.1, 0.15) is 24.4 Å². The molecule has 1 aliphatic rings. The van der Waals surface area contributed by atoms with Gasteiger partial charge in [-0.3, -0.25) is 0 Å². The maximum Gasteiger partial charge on any atom is 0.335 e. The predicted octanol–water partition coefficient (Wildman–Crippen LogP) is -3.09. The van der Waals surface area contributed by atoms with Gasteiger partial charge in [-0.05, 0) is 0 Å². The zero-order valence-corrected chi connectivity index (χ0v) is 7.15. The molecule has 7 nitrogen and oxygen atoms in total. The molecule has 5 N–H and O–H groups in total. The molecule has 0 spiro atoms. The topological polar surface area (TPSA) is 127 Å². The van der Waals surface area contributed by atoms with Gasteiger partial charge in [-0.2, -0.15) is 0 Å². The fourth-order valence-electron chi connectivity index (χ4n) is 1.31. The van der Waals surface area contributed by atoms with Crippen molar-refractivity contribution in [3.8, 4) is 0 Å². The summed E-state index contributed by atoms with van der Waals surface area (Å²) in [4.78, 5) is 10.5. The molecule has 0 amide bonds. The van der Waals surface area contributed by atoms with Crippen molar-refractivity contribution in [3.63, 3.8) is 0 Å². The fraction of sp³-hybridized carbons (Fsp3) is 0.857. The third-order valence-corrected chi connectivity index (χ3v) is 2.14. The Morgan fingerprint density at radius 3 is 2.14 bits per heavy atom. The summed E-state index contributed by atoms with van der Waals surface area (Å²) in [5.74, 6) is -1.46. The van der Waals surface area contributed by atoms with E-state index in [-0.39, 0.29) is 0 Å². The highest BCUT2D eigenvalue weighted by Crippen LogP contribution is 2.20. The van der Waals surface area contributed by atoms with Crippen molar-refractivity contribution in [2.24, 2.45) is 0 Å². The molecule has 1 heterocycles. The van der Waals surface area contributed by atoms with Crippen molar-refractivity contribution in [2.75, 3.05) is 6.61 Å². The fourth-order valence-corrected chi connectivity index (χ4v) is 1.31. The summed E-state index contributed by atoms with van der Waals surface area (Å²) in [6, 6.07) is 0. The lowest BCUT2D eigenvalue weighted by molar-refractivity contribution is -0.233. The van der Waals surface area contributed by atoms with Crippen LogP contribution in [0.2, 0.25) is 0 Å². The van der Waals surface area contributed by atoms with Crippen LogP contribution in [0.1, 0.15) is 0 Å². The molecule has 1 rings (SSSR count). The molecule has 0 saturated carbocycles. The summed E-state index contributed by atoms with van der Waals surface area (Å²) in [5.41, 5.74) is 0.